The van der Waals surface area contributed by atoms with E-state index in [-0.39, 0.29) is 0 Å². The highest BCUT2D eigenvalue weighted by molar-refractivity contribution is 5.92. The minimum absolute atomic E-state index is 0.777. The number of ether oxygens (including phenoxy) is 1. The van der Waals surface area contributed by atoms with Crippen LogP contribution >= 0.6 is 0 Å². The van der Waals surface area contributed by atoms with Gasteiger partial charge in [-0.1, -0.05) is 18.2 Å². The summed E-state index contributed by atoms with van der Waals surface area (Å²) < 4.78 is 5.37. The van der Waals surface area contributed by atoms with Gasteiger partial charge in [0.1, 0.15) is 17.9 Å². The Morgan fingerprint density at radius 1 is 1.05 bits per heavy atom. The molecule has 0 radical (unpaired) electrons. The summed E-state index contributed by atoms with van der Waals surface area (Å²) in [6, 6.07) is 13.9. The third-order valence-corrected chi connectivity index (χ3v) is 3.19. The van der Waals surface area contributed by atoms with Crippen LogP contribution in [0.5, 0.6) is 5.75 Å². The van der Waals surface area contributed by atoms with E-state index < -0.39 is 0 Å². The molecule has 0 bridgehead atoms. The van der Waals surface area contributed by atoms with Crippen LogP contribution in [0.3, 0.4) is 0 Å². The number of para-hydroxylation sites is 1. The fourth-order valence-electron chi connectivity index (χ4n) is 2.17. The van der Waals surface area contributed by atoms with E-state index in [2.05, 4.69) is 15.3 Å². The lowest BCUT2D eigenvalue weighted by Crippen LogP contribution is -1.97. The molecule has 4 nitrogen and oxygen atoms in total. The maximum atomic E-state index is 5.37. The molecule has 3 rings (SSSR count). The number of rotatable bonds is 3. The number of fused-ring (bicyclic) bond motifs is 1. The van der Waals surface area contributed by atoms with E-state index in [9.17, 15) is 0 Å². The molecule has 0 spiro atoms. The number of aryl methyl sites for hydroxylation is 1. The molecular formula is C16H15N3O. The SMILES string of the molecule is COc1cc2c(Nc3ccccc3)ncnc2cc1C. The fraction of sp³-hybridized carbons (Fsp3) is 0.125. The predicted octanol–water partition coefficient (Wildman–Crippen LogP) is 3.69. The van der Waals surface area contributed by atoms with Gasteiger partial charge in [-0.25, -0.2) is 9.97 Å². The molecule has 0 aliphatic heterocycles. The number of aromatic nitrogens is 2. The highest BCUT2D eigenvalue weighted by Gasteiger charge is 2.08. The topological polar surface area (TPSA) is 47.0 Å². The molecule has 0 aliphatic carbocycles. The summed E-state index contributed by atoms with van der Waals surface area (Å²) in [5.41, 5.74) is 2.95. The van der Waals surface area contributed by atoms with Crippen LogP contribution in [0.4, 0.5) is 11.5 Å². The molecule has 0 saturated carbocycles. The highest BCUT2D eigenvalue weighted by Crippen LogP contribution is 2.29. The summed E-state index contributed by atoms with van der Waals surface area (Å²) in [6.45, 7) is 2.00. The van der Waals surface area contributed by atoms with E-state index >= 15 is 0 Å². The second-order valence-electron chi connectivity index (χ2n) is 4.55. The third kappa shape index (κ3) is 2.28. The van der Waals surface area contributed by atoms with Crippen LogP contribution in [0.2, 0.25) is 0 Å². The van der Waals surface area contributed by atoms with Crippen molar-refractivity contribution in [3.05, 3.63) is 54.4 Å². The zero-order chi connectivity index (χ0) is 13.9. The normalized spacial score (nSPS) is 10.5. The van der Waals surface area contributed by atoms with Gasteiger partial charge in [-0.15, -0.1) is 0 Å². The van der Waals surface area contributed by atoms with Crippen molar-refractivity contribution in [3.8, 4) is 5.75 Å². The summed E-state index contributed by atoms with van der Waals surface area (Å²) in [4.78, 5) is 8.64. The first-order chi connectivity index (χ1) is 9.78. The second-order valence-corrected chi connectivity index (χ2v) is 4.55. The maximum absolute atomic E-state index is 5.37. The number of nitrogens with zero attached hydrogens (tertiary/aromatic N) is 2. The fourth-order valence-corrected chi connectivity index (χ4v) is 2.17. The molecule has 0 amide bonds. The molecule has 0 atom stereocenters. The quantitative estimate of drug-likeness (QED) is 0.784. The molecule has 1 heterocycles. The number of nitrogens with one attached hydrogen (secondary N) is 1. The molecule has 2 aromatic carbocycles. The van der Waals surface area contributed by atoms with E-state index in [1.807, 2.05) is 49.4 Å². The van der Waals surface area contributed by atoms with Gasteiger partial charge >= 0.3 is 0 Å². The lowest BCUT2D eigenvalue weighted by atomic mass is 10.1. The largest absolute Gasteiger partial charge is 0.496 e. The molecule has 20 heavy (non-hydrogen) atoms. The van der Waals surface area contributed by atoms with Crippen LogP contribution in [0.15, 0.2) is 48.8 Å². The van der Waals surface area contributed by atoms with Gasteiger partial charge in [-0.2, -0.15) is 0 Å². The number of hydrogen-bond acceptors (Lipinski definition) is 4. The molecule has 0 unspecified atom stereocenters. The monoisotopic (exact) mass is 265 g/mol. The first kappa shape index (κ1) is 12.4. The number of methoxy groups -OCH3 is 1. The number of hydrogen-bond donors (Lipinski definition) is 1. The Balaban J connectivity index is 2.11. The van der Waals surface area contributed by atoms with E-state index in [1.165, 1.54) is 0 Å². The van der Waals surface area contributed by atoms with Crippen LogP contribution in [-0.4, -0.2) is 17.1 Å². The average Bonchev–Trinajstić information content (AvgIpc) is 2.48. The molecule has 100 valence electrons. The van der Waals surface area contributed by atoms with Gasteiger partial charge in [0.25, 0.3) is 0 Å². The number of benzene rings is 2. The predicted molar refractivity (Wildman–Crippen MR) is 80.6 cm³/mol. The van der Waals surface area contributed by atoms with E-state index in [4.69, 9.17) is 4.74 Å². The minimum atomic E-state index is 0.777. The van der Waals surface area contributed by atoms with Crippen molar-refractivity contribution in [2.45, 2.75) is 6.92 Å². The smallest absolute Gasteiger partial charge is 0.141 e. The van der Waals surface area contributed by atoms with Gasteiger partial charge < -0.3 is 10.1 Å². The van der Waals surface area contributed by atoms with Gasteiger partial charge in [0.2, 0.25) is 0 Å². The Morgan fingerprint density at radius 2 is 1.85 bits per heavy atom. The van der Waals surface area contributed by atoms with Crippen molar-refractivity contribution < 1.29 is 4.74 Å². The molecular weight excluding hydrogens is 250 g/mol. The lowest BCUT2D eigenvalue weighted by molar-refractivity contribution is 0.412. The summed E-state index contributed by atoms with van der Waals surface area (Å²) in [6.07, 6.45) is 1.57. The van der Waals surface area contributed by atoms with Gasteiger partial charge in [-0.05, 0) is 36.8 Å². The molecule has 0 aliphatic rings. The Morgan fingerprint density at radius 3 is 2.60 bits per heavy atom. The van der Waals surface area contributed by atoms with Crippen LogP contribution in [0.1, 0.15) is 5.56 Å². The van der Waals surface area contributed by atoms with E-state index in [0.29, 0.717) is 0 Å². The summed E-state index contributed by atoms with van der Waals surface area (Å²) in [5, 5.41) is 4.25. The summed E-state index contributed by atoms with van der Waals surface area (Å²) in [7, 11) is 1.67. The molecule has 3 aromatic rings. The van der Waals surface area contributed by atoms with E-state index in [1.54, 1.807) is 13.4 Å². The van der Waals surface area contributed by atoms with Crippen LogP contribution in [-0.2, 0) is 0 Å². The summed E-state index contributed by atoms with van der Waals surface area (Å²) in [5.74, 6) is 1.61. The highest BCUT2D eigenvalue weighted by atomic mass is 16.5. The Hall–Kier alpha value is -2.62. The van der Waals surface area contributed by atoms with Gasteiger partial charge in [0, 0.05) is 11.1 Å². The average molecular weight is 265 g/mol. The molecule has 4 heteroatoms. The van der Waals surface area contributed by atoms with Crippen molar-refractivity contribution in [1.29, 1.82) is 0 Å². The van der Waals surface area contributed by atoms with Crippen molar-refractivity contribution in [2.24, 2.45) is 0 Å². The molecule has 1 aromatic heterocycles. The molecule has 0 fully saturated rings. The van der Waals surface area contributed by atoms with Crippen LogP contribution < -0.4 is 10.1 Å². The lowest BCUT2D eigenvalue weighted by Gasteiger charge is -2.11. The Bertz CT molecular complexity index is 741. The van der Waals surface area contributed by atoms with Crippen LogP contribution in [0, 0.1) is 6.92 Å². The first-order valence-corrected chi connectivity index (χ1v) is 6.39. The van der Waals surface area contributed by atoms with Gasteiger partial charge in [0.05, 0.1) is 12.6 Å². The van der Waals surface area contributed by atoms with Crippen molar-refractivity contribution in [2.75, 3.05) is 12.4 Å². The van der Waals surface area contributed by atoms with Crippen molar-refractivity contribution in [1.82, 2.24) is 9.97 Å². The second kappa shape index (κ2) is 5.17. The zero-order valence-corrected chi connectivity index (χ0v) is 11.4. The van der Waals surface area contributed by atoms with E-state index in [0.717, 1.165) is 33.7 Å². The molecule has 0 saturated heterocycles. The van der Waals surface area contributed by atoms with Crippen molar-refractivity contribution in [3.63, 3.8) is 0 Å². The van der Waals surface area contributed by atoms with Crippen molar-refractivity contribution >= 4 is 22.4 Å². The number of anilines is 2. The zero-order valence-electron chi connectivity index (χ0n) is 11.4. The Kier molecular flexibility index (Phi) is 3.21. The maximum Gasteiger partial charge on any atom is 0.141 e. The van der Waals surface area contributed by atoms with Crippen LogP contribution in [0.25, 0.3) is 10.9 Å². The third-order valence-electron chi connectivity index (χ3n) is 3.19. The van der Waals surface area contributed by atoms with Gasteiger partial charge in [-0.3, -0.25) is 0 Å². The van der Waals surface area contributed by atoms with Gasteiger partial charge in [0.15, 0.2) is 0 Å². The summed E-state index contributed by atoms with van der Waals surface area (Å²) >= 11 is 0. The molecule has 1 N–H and O–H groups in total. The Labute approximate surface area is 117 Å². The minimum Gasteiger partial charge on any atom is -0.496 e. The first-order valence-electron chi connectivity index (χ1n) is 6.39. The standard InChI is InChI=1S/C16H15N3O/c1-11-8-14-13(9-15(11)20-2)16(18-10-17-14)19-12-6-4-3-5-7-12/h3-10H,1-2H3,(H,17,18,19).